The molecule has 0 aromatic heterocycles. The molecule has 27 heavy (non-hydrogen) atoms. The van der Waals surface area contributed by atoms with Crippen LogP contribution in [0.2, 0.25) is 0 Å². The smallest absolute Gasteiger partial charge is 0.209 e. The van der Waals surface area contributed by atoms with E-state index in [2.05, 4.69) is 105 Å². The van der Waals surface area contributed by atoms with Gasteiger partial charge in [0.1, 0.15) is 7.05 Å². The van der Waals surface area contributed by atoms with Crippen molar-refractivity contribution in [2.45, 2.75) is 33.1 Å². The highest BCUT2D eigenvalue weighted by Crippen LogP contribution is 2.39. The minimum Gasteiger partial charge on any atom is -0.301 e. The molecule has 0 saturated heterocycles. The number of fused-ring (bicyclic) bond motifs is 1. The SMILES string of the molecule is CCN(C#CCl)c1ccc(C=CC2=[N+](C)c3ccccc3C2(C)C)c(C)c1. The van der Waals surface area contributed by atoms with Gasteiger partial charge in [0.2, 0.25) is 5.69 Å². The van der Waals surface area contributed by atoms with Crippen LogP contribution in [0.4, 0.5) is 11.4 Å². The summed E-state index contributed by atoms with van der Waals surface area (Å²) in [6.45, 7) is 9.57. The fourth-order valence-electron chi connectivity index (χ4n) is 3.86. The second-order valence-corrected chi connectivity index (χ2v) is 7.60. The molecule has 0 N–H and O–H groups in total. The topological polar surface area (TPSA) is 6.25 Å². The molecule has 0 spiro atoms. The van der Waals surface area contributed by atoms with E-state index in [1.165, 1.54) is 28.1 Å². The predicted octanol–water partition coefficient (Wildman–Crippen LogP) is 5.70. The third-order valence-electron chi connectivity index (χ3n) is 5.42. The van der Waals surface area contributed by atoms with Crippen LogP contribution in [-0.2, 0) is 5.41 Å². The van der Waals surface area contributed by atoms with Crippen LogP contribution in [0.3, 0.4) is 0 Å². The van der Waals surface area contributed by atoms with E-state index in [4.69, 9.17) is 11.6 Å². The van der Waals surface area contributed by atoms with Gasteiger partial charge in [-0.15, -0.1) is 0 Å². The van der Waals surface area contributed by atoms with Gasteiger partial charge in [0.25, 0.3) is 0 Å². The van der Waals surface area contributed by atoms with Gasteiger partial charge >= 0.3 is 0 Å². The summed E-state index contributed by atoms with van der Waals surface area (Å²) >= 11 is 5.58. The number of hydrogen-bond acceptors (Lipinski definition) is 1. The van der Waals surface area contributed by atoms with Gasteiger partial charge in [0.05, 0.1) is 5.41 Å². The lowest BCUT2D eigenvalue weighted by Gasteiger charge is -2.17. The molecular weight excluding hydrogens is 352 g/mol. The molecule has 1 heterocycles. The quantitative estimate of drug-likeness (QED) is 0.376. The molecule has 0 unspecified atom stereocenters. The Morgan fingerprint density at radius 3 is 2.52 bits per heavy atom. The van der Waals surface area contributed by atoms with Crippen molar-refractivity contribution in [1.29, 1.82) is 0 Å². The highest BCUT2D eigenvalue weighted by molar-refractivity contribution is 6.30. The van der Waals surface area contributed by atoms with E-state index in [0.29, 0.717) is 0 Å². The Hall–Kier alpha value is -2.50. The molecule has 0 radical (unpaired) electrons. The second kappa shape index (κ2) is 7.62. The fourth-order valence-corrected chi connectivity index (χ4v) is 3.96. The Morgan fingerprint density at radius 2 is 1.89 bits per heavy atom. The molecule has 2 aromatic rings. The average Bonchev–Trinajstić information content (AvgIpc) is 2.85. The minimum atomic E-state index is -0.00929. The summed E-state index contributed by atoms with van der Waals surface area (Å²) in [5, 5.41) is 2.46. The zero-order chi connectivity index (χ0) is 19.6. The molecule has 1 aliphatic heterocycles. The van der Waals surface area contributed by atoms with Gasteiger partial charge in [-0.3, -0.25) is 0 Å². The van der Waals surface area contributed by atoms with E-state index in [-0.39, 0.29) is 5.41 Å². The summed E-state index contributed by atoms with van der Waals surface area (Å²) in [5.74, 6) is 0. The minimum absolute atomic E-state index is 0.00929. The normalized spacial score (nSPS) is 14.9. The first-order valence-corrected chi connectivity index (χ1v) is 9.66. The van der Waals surface area contributed by atoms with Gasteiger partial charge < -0.3 is 4.90 Å². The van der Waals surface area contributed by atoms with Crippen molar-refractivity contribution in [3.8, 4) is 11.4 Å². The number of aryl methyl sites for hydroxylation is 1. The maximum absolute atomic E-state index is 5.58. The highest BCUT2D eigenvalue weighted by atomic mass is 35.5. The monoisotopic (exact) mass is 377 g/mol. The van der Waals surface area contributed by atoms with Crippen molar-refractivity contribution < 1.29 is 4.58 Å². The van der Waals surface area contributed by atoms with Crippen molar-refractivity contribution in [1.82, 2.24) is 0 Å². The van der Waals surface area contributed by atoms with E-state index >= 15 is 0 Å². The third-order valence-corrected chi connectivity index (χ3v) is 5.50. The maximum atomic E-state index is 5.58. The maximum Gasteiger partial charge on any atom is 0.209 e. The van der Waals surface area contributed by atoms with Crippen molar-refractivity contribution in [2.75, 3.05) is 18.5 Å². The van der Waals surface area contributed by atoms with Crippen LogP contribution in [0.1, 0.15) is 37.5 Å². The van der Waals surface area contributed by atoms with E-state index in [1.54, 1.807) is 0 Å². The molecule has 0 fully saturated rings. The summed E-state index contributed by atoms with van der Waals surface area (Å²) in [6, 6.07) is 18.0. The van der Waals surface area contributed by atoms with Crippen LogP contribution >= 0.6 is 11.6 Å². The number of rotatable bonds is 4. The predicted molar refractivity (Wildman–Crippen MR) is 117 cm³/mol. The number of para-hydroxylation sites is 1. The molecule has 2 aromatic carbocycles. The van der Waals surface area contributed by atoms with Gasteiger partial charge in [-0.25, -0.2) is 0 Å². The van der Waals surface area contributed by atoms with Crippen molar-refractivity contribution in [2.24, 2.45) is 0 Å². The Balaban J connectivity index is 1.93. The standard InChI is InChI=1S/C24H26ClN2/c1-6-27(16-15-25)20-13-11-19(18(2)17-20)12-14-23-24(3,4)21-9-7-8-10-22(21)26(23)5/h7-14,17H,6H2,1-5H3/q+1. The molecule has 2 nitrogen and oxygen atoms in total. The molecule has 3 rings (SSSR count). The third kappa shape index (κ3) is 3.53. The van der Waals surface area contributed by atoms with Crippen molar-refractivity contribution in [3.63, 3.8) is 0 Å². The number of allylic oxidation sites excluding steroid dienone is 1. The van der Waals surface area contributed by atoms with Gasteiger partial charge in [-0.2, -0.15) is 4.58 Å². The Bertz CT molecular complexity index is 987. The Labute approximate surface area is 167 Å². The lowest BCUT2D eigenvalue weighted by Crippen LogP contribution is -2.26. The first-order chi connectivity index (χ1) is 12.9. The van der Waals surface area contributed by atoms with Gasteiger partial charge in [-0.05, 0) is 68.6 Å². The molecule has 3 heteroatoms. The molecular formula is C24H26ClN2+. The summed E-state index contributed by atoms with van der Waals surface area (Å²) < 4.78 is 2.30. The number of hydrogen-bond donors (Lipinski definition) is 0. The van der Waals surface area contributed by atoms with E-state index in [1.807, 2.05) is 4.90 Å². The lowest BCUT2D eigenvalue weighted by atomic mass is 9.81. The van der Waals surface area contributed by atoms with Crippen molar-refractivity contribution in [3.05, 3.63) is 65.2 Å². The zero-order valence-corrected chi connectivity index (χ0v) is 17.4. The van der Waals surface area contributed by atoms with Crippen LogP contribution in [0.25, 0.3) is 6.08 Å². The molecule has 0 atom stereocenters. The number of halogens is 1. The summed E-state index contributed by atoms with van der Waals surface area (Å²) in [7, 11) is 2.15. The second-order valence-electron chi connectivity index (χ2n) is 7.41. The highest BCUT2D eigenvalue weighted by Gasteiger charge is 2.42. The molecule has 0 amide bonds. The van der Waals surface area contributed by atoms with E-state index in [9.17, 15) is 0 Å². The molecule has 0 bridgehead atoms. The Morgan fingerprint density at radius 1 is 1.15 bits per heavy atom. The van der Waals surface area contributed by atoms with Gasteiger partial charge in [0.15, 0.2) is 5.71 Å². The number of nitrogens with zero attached hydrogens (tertiary/aromatic N) is 2. The summed E-state index contributed by atoms with van der Waals surface area (Å²) in [6.07, 6.45) is 4.46. The molecule has 0 saturated carbocycles. The first-order valence-electron chi connectivity index (χ1n) is 9.28. The van der Waals surface area contributed by atoms with Crippen molar-refractivity contribution >= 4 is 34.8 Å². The fraction of sp³-hybridized carbons (Fsp3) is 0.292. The van der Waals surface area contributed by atoms with E-state index in [0.717, 1.165) is 12.2 Å². The van der Waals surface area contributed by atoms with E-state index < -0.39 is 0 Å². The average molecular weight is 378 g/mol. The van der Waals surface area contributed by atoms with Gasteiger partial charge in [0, 0.05) is 41.4 Å². The first kappa shape index (κ1) is 19.3. The zero-order valence-electron chi connectivity index (χ0n) is 16.7. The molecule has 1 aliphatic rings. The number of anilines is 1. The van der Waals surface area contributed by atoms with Gasteiger partial charge in [-0.1, -0.05) is 24.3 Å². The largest absolute Gasteiger partial charge is 0.301 e. The Kier molecular flexibility index (Phi) is 5.44. The summed E-state index contributed by atoms with van der Waals surface area (Å²) in [4.78, 5) is 1.95. The van der Waals surface area contributed by atoms with Crippen LogP contribution in [0, 0.1) is 18.3 Å². The summed E-state index contributed by atoms with van der Waals surface area (Å²) in [5.41, 5.74) is 7.44. The number of benzene rings is 2. The van der Waals surface area contributed by atoms with Crippen LogP contribution in [0.15, 0.2) is 48.5 Å². The van der Waals surface area contributed by atoms with Crippen LogP contribution in [-0.4, -0.2) is 23.9 Å². The van der Waals surface area contributed by atoms with Crippen LogP contribution in [0.5, 0.6) is 0 Å². The van der Waals surface area contributed by atoms with Crippen LogP contribution < -0.4 is 4.90 Å². The lowest BCUT2D eigenvalue weighted by molar-refractivity contribution is -0.401. The molecule has 0 aliphatic carbocycles. The molecule has 138 valence electrons.